The van der Waals surface area contributed by atoms with Gasteiger partial charge in [-0.3, -0.25) is 9.59 Å². The Bertz CT molecular complexity index is 849. The molecule has 1 aliphatic heterocycles. The molecule has 0 atom stereocenters. The molecule has 2 N–H and O–H groups in total. The number of amides is 2. The van der Waals surface area contributed by atoms with Crippen LogP contribution in [-0.4, -0.2) is 31.3 Å². The highest BCUT2D eigenvalue weighted by Crippen LogP contribution is 2.18. The van der Waals surface area contributed by atoms with Crippen molar-refractivity contribution in [1.29, 1.82) is 0 Å². The summed E-state index contributed by atoms with van der Waals surface area (Å²) in [5.74, 6) is 1.39. The summed E-state index contributed by atoms with van der Waals surface area (Å²) in [6, 6.07) is 14.2. The molecule has 0 aromatic heterocycles. The number of methoxy groups -OCH3 is 1. The summed E-state index contributed by atoms with van der Waals surface area (Å²) >= 11 is 1.54. The van der Waals surface area contributed by atoms with Gasteiger partial charge in [-0.2, -0.15) is 0 Å². The molecule has 0 fully saturated rings. The van der Waals surface area contributed by atoms with Crippen molar-refractivity contribution in [2.45, 2.75) is 6.54 Å². The molecule has 140 valence electrons. The first-order valence-corrected chi connectivity index (χ1v) is 9.48. The molecule has 7 heteroatoms. The van der Waals surface area contributed by atoms with Crippen molar-refractivity contribution < 1.29 is 19.1 Å². The third-order valence-corrected chi connectivity index (χ3v) is 4.69. The van der Waals surface area contributed by atoms with E-state index in [-0.39, 0.29) is 11.8 Å². The Morgan fingerprint density at radius 2 is 1.89 bits per heavy atom. The molecule has 2 aromatic carbocycles. The van der Waals surface area contributed by atoms with Crippen molar-refractivity contribution in [2.24, 2.45) is 0 Å². The second-order valence-electron chi connectivity index (χ2n) is 5.73. The van der Waals surface area contributed by atoms with Gasteiger partial charge in [0.1, 0.15) is 5.75 Å². The second-order valence-corrected chi connectivity index (χ2v) is 6.70. The lowest BCUT2D eigenvalue weighted by Crippen LogP contribution is -2.23. The van der Waals surface area contributed by atoms with Gasteiger partial charge in [0, 0.05) is 34.5 Å². The molecule has 1 aliphatic rings. The lowest BCUT2D eigenvalue weighted by molar-refractivity contribution is -0.116. The first-order valence-electron chi connectivity index (χ1n) is 8.43. The number of rotatable bonds is 6. The van der Waals surface area contributed by atoms with Gasteiger partial charge >= 0.3 is 0 Å². The fraction of sp³-hybridized carbons (Fsp3) is 0.200. The molecular weight excluding hydrogens is 364 g/mol. The van der Waals surface area contributed by atoms with Crippen molar-refractivity contribution in [2.75, 3.05) is 24.8 Å². The lowest BCUT2D eigenvalue weighted by atomic mass is 10.1. The maximum atomic E-state index is 12.3. The van der Waals surface area contributed by atoms with E-state index in [0.717, 1.165) is 17.1 Å². The van der Waals surface area contributed by atoms with Gasteiger partial charge in [-0.05, 0) is 30.3 Å². The van der Waals surface area contributed by atoms with E-state index in [1.54, 1.807) is 48.5 Å². The third kappa shape index (κ3) is 5.04. The summed E-state index contributed by atoms with van der Waals surface area (Å²) in [7, 11) is 1.60. The van der Waals surface area contributed by atoms with E-state index in [0.29, 0.717) is 30.2 Å². The van der Waals surface area contributed by atoms with Gasteiger partial charge in [0.25, 0.3) is 11.8 Å². The maximum absolute atomic E-state index is 12.3. The van der Waals surface area contributed by atoms with Gasteiger partial charge in [0.05, 0.1) is 13.7 Å². The molecule has 0 aliphatic carbocycles. The first-order chi connectivity index (χ1) is 13.2. The topological polar surface area (TPSA) is 76.7 Å². The Hall–Kier alpha value is -2.93. The number of benzene rings is 2. The molecule has 6 nitrogen and oxygen atoms in total. The second kappa shape index (κ2) is 9.14. The molecule has 1 heterocycles. The van der Waals surface area contributed by atoms with Crippen molar-refractivity contribution >= 4 is 29.3 Å². The number of carbonyl (C=O) groups is 2. The SMILES string of the molecule is COc1ccccc1CNC(=O)c1ccc(NC(=O)C2=CSCCO2)cc1. The van der Waals surface area contributed by atoms with Gasteiger partial charge in [0.2, 0.25) is 0 Å². The number of nitrogens with one attached hydrogen (secondary N) is 2. The van der Waals surface area contributed by atoms with Crippen LogP contribution in [0, 0.1) is 0 Å². The Morgan fingerprint density at radius 3 is 2.59 bits per heavy atom. The van der Waals surface area contributed by atoms with Crippen LogP contribution >= 0.6 is 11.8 Å². The zero-order valence-corrected chi connectivity index (χ0v) is 15.7. The summed E-state index contributed by atoms with van der Waals surface area (Å²) < 4.78 is 10.6. The molecule has 27 heavy (non-hydrogen) atoms. The van der Waals surface area contributed by atoms with Crippen molar-refractivity contribution in [3.63, 3.8) is 0 Å². The molecule has 0 spiro atoms. The van der Waals surface area contributed by atoms with Crippen LogP contribution < -0.4 is 15.4 Å². The summed E-state index contributed by atoms with van der Waals surface area (Å²) in [5, 5.41) is 7.33. The standard InChI is InChI=1S/C20H20N2O4S/c1-25-17-5-3-2-4-15(17)12-21-19(23)14-6-8-16(9-7-14)22-20(24)18-13-27-11-10-26-18/h2-9,13H,10-12H2,1H3,(H,21,23)(H,22,24). The third-order valence-electron chi connectivity index (χ3n) is 3.91. The molecule has 0 bridgehead atoms. The quantitative estimate of drug-likeness (QED) is 0.800. The highest BCUT2D eigenvalue weighted by Gasteiger charge is 2.14. The van der Waals surface area contributed by atoms with Crippen LogP contribution in [0.1, 0.15) is 15.9 Å². The van der Waals surface area contributed by atoms with Crippen LogP contribution in [0.15, 0.2) is 59.7 Å². The van der Waals surface area contributed by atoms with Crippen LogP contribution in [0.3, 0.4) is 0 Å². The Morgan fingerprint density at radius 1 is 1.11 bits per heavy atom. The minimum absolute atomic E-state index is 0.200. The minimum atomic E-state index is -0.296. The number of thioether (sulfide) groups is 1. The van der Waals surface area contributed by atoms with Crippen LogP contribution in [-0.2, 0) is 16.1 Å². The number of anilines is 1. The molecular formula is C20H20N2O4S. The van der Waals surface area contributed by atoms with E-state index < -0.39 is 0 Å². The monoisotopic (exact) mass is 384 g/mol. The van der Waals surface area contributed by atoms with Crippen LogP contribution in [0.5, 0.6) is 5.75 Å². The van der Waals surface area contributed by atoms with Crippen LogP contribution in [0.25, 0.3) is 0 Å². The lowest BCUT2D eigenvalue weighted by Gasteiger charge is -2.14. The van der Waals surface area contributed by atoms with E-state index >= 15 is 0 Å². The smallest absolute Gasteiger partial charge is 0.291 e. The van der Waals surface area contributed by atoms with Gasteiger partial charge in [-0.15, -0.1) is 11.8 Å². The largest absolute Gasteiger partial charge is 0.496 e. The molecule has 3 rings (SSSR count). The van der Waals surface area contributed by atoms with E-state index in [2.05, 4.69) is 10.6 Å². The van der Waals surface area contributed by atoms with Crippen molar-refractivity contribution in [1.82, 2.24) is 5.32 Å². The van der Waals surface area contributed by atoms with Gasteiger partial charge in [-0.25, -0.2) is 0 Å². The van der Waals surface area contributed by atoms with Gasteiger partial charge in [0.15, 0.2) is 5.76 Å². The molecule has 2 aromatic rings. The zero-order valence-electron chi connectivity index (χ0n) is 14.9. The summed E-state index contributed by atoms with van der Waals surface area (Å²) in [6.45, 7) is 0.889. The molecule has 0 saturated heterocycles. The van der Waals surface area contributed by atoms with Gasteiger partial charge in [-0.1, -0.05) is 18.2 Å². The Balaban J connectivity index is 1.57. The Kier molecular flexibility index (Phi) is 6.38. The number of para-hydroxylation sites is 1. The molecule has 2 amide bonds. The Labute approximate surface area is 161 Å². The summed E-state index contributed by atoms with van der Waals surface area (Å²) in [5.41, 5.74) is 2.00. The fourth-order valence-electron chi connectivity index (χ4n) is 2.51. The van der Waals surface area contributed by atoms with Crippen LogP contribution in [0.2, 0.25) is 0 Å². The fourth-order valence-corrected chi connectivity index (χ4v) is 3.14. The first kappa shape index (κ1) is 18.8. The highest BCUT2D eigenvalue weighted by atomic mass is 32.2. The van der Waals surface area contributed by atoms with E-state index in [1.165, 1.54) is 0 Å². The van der Waals surface area contributed by atoms with E-state index in [9.17, 15) is 9.59 Å². The molecule has 0 radical (unpaired) electrons. The highest BCUT2D eigenvalue weighted by molar-refractivity contribution is 8.02. The molecule has 0 unspecified atom stereocenters. The predicted molar refractivity (Wildman–Crippen MR) is 106 cm³/mol. The number of hydrogen-bond donors (Lipinski definition) is 2. The molecule has 0 saturated carbocycles. The predicted octanol–water partition coefficient (Wildman–Crippen LogP) is 3.17. The van der Waals surface area contributed by atoms with Crippen molar-refractivity contribution in [3.05, 3.63) is 70.8 Å². The van der Waals surface area contributed by atoms with E-state index in [4.69, 9.17) is 9.47 Å². The zero-order chi connectivity index (χ0) is 19.1. The normalized spacial score (nSPS) is 13.1. The van der Waals surface area contributed by atoms with Crippen LogP contribution in [0.4, 0.5) is 5.69 Å². The summed E-state index contributed by atoms with van der Waals surface area (Å²) in [6.07, 6.45) is 0. The number of hydrogen-bond acceptors (Lipinski definition) is 5. The van der Waals surface area contributed by atoms with Crippen molar-refractivity contribution in [3.8, 4) is 5.75 Å². The number of ether oxygens (including phenoxy) is 2. The average molecular weight is 384 g/mol. The minimum Gasteiger partial charge on any atom is -0.496 e. The number of carbonyl (C=O) groups excluding carboxylic acids is 2. The van der Waals surface area contributed by atoms with Gasteiger partial charge < -0.3 is 20.1 Å². The van der Waals surface area contributed by atoms with E-state index in [1.807, 2.05) is 24.3 Å². The summed E-state index contributed by atoms with van der Waals surface area (Å²) in [4.78, 5) is 24.4. The average Bonchev–Trinajstić information content (AvgIpc) is 2.73. The maximum Gasteiger partial charge on any atom is 0.291 e.